The van der Waals surface area contributed by atoms with E-state index in [1.807, 2.05) is 0 Å². The van der Waals surface area contributed by atoms with Crippen molar-refractivity contribution in [3.63, 3.8) is 0 Å². The molecule has 2 rings (SSSR count). The molecule has 0 radical (unpaired) electrons. The van der Waals surface area contributed by atoms with Gasteiger partial charge in [0.1, 0.15) is 11.6 Å². The Morgan fingerprint density at radius 2 is 1.95 bits per heavy atom. The first-order valence-electron chi connectivity index (χ1n) is 5.72. The quantitative estimate of drug-likeness (QED) is 0.584. The molecule has 5 nitrogen and oxygen atoms in total. The van der Waals surface area contributed by atoms with Crippen LogP contribution < -0.4 is 10.5 Å². The van der Waals surface area contributed by atoms with E-state index < -0.39 is 10.7 Å². The second-order valence-electron chi connectivity index (χ2n) is 4.05. The molecule has 8 heteroatoms. The Morgan fingerprint density at radius 3 is 2.57 bits per heavy atom. The van der Waals surface area contributed by atoms with E-state index in [0.29, 0.717) is 11.3 Å². The lowest BCUT2D eigenvalue weighted by Crippen LogP contribution is -2.01. The van der Waals surface area contributed by atoms with Crippen molar-refractivity contribution in [2.75, 3.05) is 0 Å². The van der Waals surface area contributed by atoms with Gasteiger partial charge in [0, 0.05) is 28.7 Å². The van der Waals surface area contributed by atoms with Crippen LogP contribution in [0, 0.1) is 15.9 Å². The normalized spacial score (nSPS) is 10.5. The predicted molar refractivity (Wildman–Crippen MR) is 82.9 cm³/mol. The molecule has 2 aromatic carbocycles. The molecule has 0 saturated carbocycles. The number of ether oxygens (including phenoxy) is 1. The smallest absolute Gasteiger partial charge is 0.312 e. The molecular weight excluding hydrogens is 411 g/mol. The zero-order chi connectivity index (χ0) is 15.6. The molecule has 0 bridgehead atoms. The van der Waals surface area contributed by atoms with Gasteiger partial charge in [0.25, 0.3) is 0 Å². The maximum absolute atomic E-state index is 13.6. The van der Waals surface area contributed by atoms with Gasteiger partial charge in [-0.1, -0.05) is 15.9 Å². The number of rotatable bonds is 4. The molecule has 0 aliphatic heterocycles. The van der Waals surface area contributed by atoms with Crippen molar-refractivity contribution in [2.24, 2.45) is 5.73 Å². The third-order valence-corrected chi connectivity index (χ3v) is 3.76. The van der Waals surface area contributed by atoms with Gasteiger partial charge in [0.2, 0.25) is 5.75 Å². The predicted octanol–water partition coefficient (Wildman–Crippen LogP) is 4.51. The number of nitrogens with two attached hydrogens (primary N) is 1. The van der Waals surface area contributed by atoms with Crippen LogP contribution in [0.4, 0.5) is 10.1 Å². The Balaban J connectivity index is 2.48. The van der Waals surface area contributed by atoms with Crippen molar-refractivity contribution in [2.45, 2.75) is 6.54 Å². The highest BCUT2D eigenvalue weighted by atomic mass is 79.9. The fraction of sp³-hybridized carbons (Fsp3) is 0.0769. The van der Waals surface area contributed by atoms with E-state index in [0.717, 1.165) is 16.6 Å². The van der Waals surface area contributed by atoms with Gasteiger partial charge in [-0.25, -0.2) is 4.39 Å². The van der Waals surface area contributed by atoms with Gasteiger partial charge in [-0.05, 0) is 34.1 Å². The second-order valence-corrected chi connectivity index (χ2v) is 5.82. The van der Waals surface area contributed by atoms with E-state index in [1.54, 1.807) is 18.2 Å². The summed E-state index contributed by atoms with van der Waals surface area (Å²) in [6, 6.07) is 7.07. The summed E-state index contributed by atoms with van der Waals surface area (Å²) in [7, 11) is 0. The number of hydrogen-bond acceptors (Lipinski definition) is 4. The lowest BCUT2D eigenvalue weighted by molar-refractivity contribution is -0.385. The molecule has 0 aliphatic rings. The summed E-state index contributed by atoms with van der Waals surface area (Å²) in [6.07, 6.45) is 0. The number of nitro benzene ring substituents is 1. The molecule has 0 atom stereocenters. The summed E-state index contributed by atoms with van der Waals surface area (Å²) in [5.41, 5.74) is 5.91. The molecule has 21 heavy (non-hydrogen) atoms. The highest BCUT2D eigenvalue weighted by Crippen LogP contribution is 2.37. The molecule has 2 N–H and O–H groups in total. The summed E-state index contributed by atoms with van der Waals surface area (Å²) >= 11 is 6.21. The highest BCUT2D eigenvalue weighted by molar-refractivity contribution is 9.10. The van der Waals surface area contributed by atoms with Gasteiger partial charge in [0.15, 0.2) is 0 Å². The van der Waals surface area contributed by atoms with Crippen LogP contribution in [-0.4, -0.2) is 4.92 Å². The van der Waals surface area contributed by atoms with E-state index in [2.05, 4.69) is 31.9 Å². The van der Waals surface area contributed by atoms with Gasteiger partial charge >= 0.3 is 5.69 Å². The van der Waals surface area contributed by atoms with Crippen molar-refractivity contribution in [1.82, 2.24) is 0 Å². The molecule has 0 amide bonds. The van der Waals surface area contributed by atoms with Gasteiger partial charge in [-0.15, -0.1) is 0 Å². The van der Waals surface area contributed by atoms with E-state index in [9.17, 15) is 14.5 Å². The van der Waals surface area contributed by atoms with Crippen LogP contribution in [0.1, 0.15) is 5.56 Å². The fourth-order valence-electron chi connectivity index (χ4n) is 1.67. The van der Waals surface area contributed by atoms with Crippen LogP contribution in [-0.2, 0) is 6.54 Å². The lowest BCUT2D eigenvalue weighted by atomic mass is 10.2. The highest BCUT2D eigenvalue weighted by Gasteiger charge is 2.20. The van der Waals surface area contributed by atoms with Crippen LogP contribution in [0.15, 0.2) is 39.3 Å². The average Bonchev–Trinajstić information content (AvgIpc) is 2.44. The van der Waals surface area contributed by atoms with E-state index >= 15 is 0 Å². The summed E-state index contributed by atoms with van der Waals surface area (Å²) in [6.45, 7) is 0.182. The standard InChI is InChI=1S/C13H9Br2FN2O3/c14-8-1-2-12(7(3-8)6-17)21-13-5-10(16)9(15)4-11(13)18(19)20/h1-5H,6,17H2. The third-order valence-electron chi connectivity index (χ3n) is 2.66. The van der Waals surface area contributed by atoms with Crippen LogP contribution in [0.25, 0.3) is 0 Å². The third kappa shape index (κ3) is 3.58. The Morgan fingerprint density at radius 1 is 1.24 bits per heavy atom. The largest absolute Gasteiger partial charge is 0.450 e. The lowest BCUT2D eigenvalue weighted by Gasteiger charge is -2.11. The number of halogens is 3. The molecule has 0 aromatic heterocycles. The monoisotopic (exact) mass is 418 g/mol. The minimum atomic E-state index is -0.651. The first-order valence-corrected chi connectivity index (χ1v) is 7.30. The van der Waals surface area contributed by atoms with Crippen molar-refractivity contribution in [1.29, 1.82) is 0 Å². The topological polar surface area (TPSA) is 78.4 Å². The van der Waals surface area contributed by atoms with Crippen molar-refractivity contribution >= 4 is 37.5 Å². The van der Waals surface area contributed by atoms with Crippen LogP contribution in [0.2, 0.25) is 0 Å². The van der Waals surface area contributed by atoms with Crippen LogP contribution in [0.3, 0.4) is 0 Å². The second kappa shape index (κ2) is 6.50. The SMILES string of the molecule is NCc1cc(Br)ccc1Oc1cc(F)c(Br)cc1[N+](=O)[O-]. The van der Waals surface area contributed by atoms with Crippen molar-refractivity contribution in [3.05, 3.63) is 60.8 Å². The first-order chi connectivity index (χ1) is 9.92. The molecule has 110 valence electrons. The summed E-state index contributed by atoms with van der Waals surface area (Å²) in [5.74, 6) is -0.495. The van der Waals surface area contributed by atoms with E-state index in [4.69, 9.17) is 10.5 Å². The number of nitrogens with zero attached hydrogens (tertiary/aromatic N) is 1. The van der Waals surface area contributed by atoms with Crippen molar-refractivity contribution in [3.8, 4) is 11.5 Å². The summed E-state index contributed by atoms with van der Waals surface area (Å²) < 4.78 is 19.9. The Kier molecular flexibility index (Phi) is 4.92. The van der Waals surface area contributed by atoms with Gasteiger partial charge in [-0.3, -0.25) is 10.1 Å². The zero-order valence-electron chi connectivity index (χ0n) is 10.5. The molecular formula is C13H9Br2FN2O3. The average molecular weight is 420 g/mol. The minimum Gasteiger partial charge on any atom is -0.450 e. The fourth-order valence-corrected chi connectivity index (χ4v) is 2.41. The van der Waals surface area contributed by atoms with Gasteiger partial charge in [0.05, 0.1) is 9.40 Å². The maximum Gasteiger partial charge on any atom is 0.312 e. The van der Waals surface area contributed by atoms with Crippen molar-refractivity contribution < 1.29 is 14.1 Å². The van der Waals surface area contributed by atoms with Crippen LogP contribution >= 0.6 is 31.9 Å². The number of benzene rings is 2. The van der Waals surface area contributed by atoms with Crippen LogP contribution in [0.5, 0.6) is 11.5 Å². The van der Waals surface area contributed by atoms with E-state index in [-0.39, 0.29) is 22.5 Å². The molecule has 2 aromatic rings. The van der Waals surface area contributed by atoms with Gasteiger partial charge < -0.3 is 10.5 Å². The molecule has 0 heterocycles. The Hall–Kier alpha value is -1.51. The Bertz CT molecular complexity index is 710. The number of hydrogen-bond donors (Lipinski definition) is 1. The maximum atomic E-state index is 13.6. The first kappa shape index (κ1) is 15.9. The molecule has 0 aliphatic carbocycles. The zero-order valence-corrected chi connectivity index (χ0v) is 13.6. The molecule has 0 saturated heterocycles. The molecule has 0 fully saturated rings. The summed E-state index contributed by atoms with van der Waals surface area (Å²) in [5, 5.41) is 11.0. The van der Waals surface area contributed by atoms with E-state index in [1.165, 1.54) is 0 Å². The minimum absolute atomic E-state index is 0.00333. The molecule has 0 spiro atoms. The Labute approximate surface area is 136 Å². The summed E-state index contributed by atoms with van der Waals surface area (Å²) in [4.78, 5) is 10.4. The molecule has 0 unspecified atom stereocenters. The van der Waals surface area contributed by atoms with Gasteiger partial charge in [-0.2, -0.15) is 0 Å². The number of nitro groups is 1.